The monoisotopic (exact) mass is 297 g/mol. The highest BCUT2D eigenvalue weighted by molar-refractivity contribution is 5.82. The van der Waals surface area contributed by atoms with Crippen molar-refractivity contribution in [3.8, 4) is 0 Å². The maximum absolute atomic E-state index is 12.2. The molecule has 6 nitrogen and oxygen atoms in total. The Balaban J connectivity index is 1.67. The summed E-state index contributed by atoms with van der Waals surface area (Å²) in [5.74, 6) is 0.466. The van der Waals surface area contributed by atoms with Gasteiger partial charge in [-0.25, -0.2) is 0 Å². The summed E-state index contributed by atoms with van der Waals surface area (Å²) in [6, 6.07) is -0.218. The van der Waals surface area contributed by atoms with E-state index < -0.39 is 6.04 Å². The van der Waals surface area contributed by atoms with Gasteiger partial charge in [-0.3, -0.25) is 9.59 Å². The van der Waals surface area contributed by atoms with Crippen LogP contribution in [0, 0.1) is 5.92 Å². The van der Waals surface area contributed by atoms with Crippen molar-refractivity contribution in [3.05, 3.63) is 0 Å². The molecule has 2 amide bonds. The fraction of sp³-hybridized carbons (Fsp3) is 0.867. The van der Waals surface area contributed by atoms with Crippen LogP contribution >= 0.6 is 0 Å². The van der Waals surface area contributed by atoms with Crippen LogP contribution in [0.1, 0.15) is 38.5 Å². The van der Waals surface area contributed by atoms with Crippen molar-refractivity contribution in [2.45, 2.75) is 50.6 Å². The molecule has 1 saturated carbocycles. The van der Waals surface area contributed by atoms with E-state index in [-0.39, 0.29) is 23.8 Å². The average Bonchev–Trinajstić information content (AvgIpc) is 3.32. The highest BCUT2D eigenvalue weighted by atomic mass is 16.5. The van der Waals surface area contributed by atoms with Crippen LogP contribution in [0.15, 0.2) is 0 Å². The van der Waals surface area contributed by atoms with Crippen molar-refractivity contribution in [3.63, 3.8) is 0 Å². The lowest BCUT2D eigenvalue weighted by Crippen LogP contribution is -2.51. The van der Waals surface area contributed by atoms with E-state index >= 15 is 0 Å². The third-order valence-electron chi connectivity index (χ3n) is 4.28. The summed E-state index contributed by atoms with van der Waals surface area (Å²) in [6.45, 7) is 2.01. The second kappa shape index (κ2) is 7.75. The number of amides is 2. The van der Waals surface area contributed by atoms with Crippen molar-refractivity contribution < 1.29 is 14.3 Å². The van der Waals surface area contributed by atoms with Gasteiger partial charge in [-0.1, -0.05) is 0 Å². The molecular formula is C15H27N3O3. The van der Waals surface area contributed by atoms with E-state index in [9.17, 15) is 9.59 Å². The Hall–Kier alpha value is -1.14. The summed E-state index contributed by atoms with van der Waals surface area (Å²) < 4.78 is 4.97. The van der Waals surface area contributed by atoms with Crippen LogP contribution in [0.4, 0.5) is 0 Å². The molecule has 6 heteroatoms. The second-order valence-corrected chi connectivity index (χ2v) is 6.12. The standard InChI is InChI=1S/C15H27N3O3/c1-21-10-2-3-13(16)15(20)18-8-6-12(7-9-18)17-14(19)11-4-5-11/h11-13H,2-10,16H2,1H3,(H,17,19). The molecular weight excluding hydrogens is 270 g/mol. The van der Waals surface area contributed by atoms with Crippen LogP contribution in [0.2, 0.25) is 0 Å². The Bertz CT molecular complexity index is 363. The topological polar surface area (TPSA) is 84.7 Å². The summed E-state index contributed by atoms with van der Waals surface area (Å²) >= 11 is 0. The van der Waals surface area contributed by atoms with Gasteiger partial charge in [0.1, 0.15) is 0 Å². The molecule has 2 fully saturated rings. The van der Waals surface area contributed by atoms with Crippen LogP contribution < -0.4 is 11.1 Å². The Labute approximate surface area is 126 Å². The van der Waals surface area contributed by atoms with E-state index in [1.807, 2.05) is 4.90 Å². The summed E-state index contributed by atoms with van der Waals surface area (Å²) in [5.41, 5.74) is 5.94. The predicted octanol–water partition coefficient (Wildman–Crippen LogP) is 0.258. The molecule has 0 bridgehead atoms. The van der Waals surface area contributed by atoms with Gasteiger partial charge in [0, 0.05) is 38.8 Å². The Morgan fingerprint density at radius 3 is 2.52 bits per heavy atom. The van der Waals surface area contributed by atoms with Gasteiger partial charge in [0.15, 0.2) is 0 Å². The number of piperidine rings is 1. The fourth-order valence-electron chi connectivity index (χ4n) is 2.71. The number of methoxy groups -OCH3 is 1. The zero-order valence-corrected chi connectivity index (χ0v) is 12.8. The van der Waals surface area contributed by atoms with Crippen molar-refractivity contribution >= 4 is 11.8 Å². The first-order valence-electron chi connectivity index (χ1n) is 7.95. The molecule has 0 aromatic heterocycles. The quantitative estimate of drug-likeness (QED) is 0.660. The number of carbonyl (C=O) groups excluding carboxylic acids is 2. The molecule has 2 aliphatic rings. The molecule has 1 aliphatic heterocycles. The highest BCUT2D eigenvalue weighted by Gasteiger charge is 2.32. The van der Waals surface area contributed by atoms with E-state index in [1.54, 1.807) is 7.11 Å². The number of nitrogens with one attached hydrogen (secondary N) is 1. The zero-order valence-electron chi connectivity index (χ0n) is 12.8. The Morgan fingerprint density at radius 2 is 1.95 bits per heavy atom. The summed E-state index contributed by atoms with van der Waals surface area (Å²) in [7, 11) is 1.65. The maximum Gasteiger partial charge on any atom is 0.239 e. The molecule has 0 spiro atoms. The number of carbonyl (C=O) groups is 2. The average molecular weight is 297 g/mol. The van der Waals surface area contributed by atoms with Crippen LogP contribution in [-0.2, 0) is 14.3 Å². The van der Waals surface area contributed by atoms with E-state index in [0.29, 0.717) is 26.1 Å². The number of nitrogens with zero attached hydrogens (tertiary/aromatic N) is 1. The lowest BCUT2D eigenvalue weighted by Gasteiger charge is -2.34. The largest absolute Gasteiger partial charge is 0.385 e. The minimum absolute atomic E-state index is 0.0260. The van der Waals surface area contributed by atoms with Crippen LogP contribution in [0.5, 0.6) is 0 Å². The molecule has 0 aromatic carbocycles. The van der Waals surface area contributed by atoms with Gasteiger partial charge < -0.3 is 20.7 Å². The van der Waals surface area contributed by atoms with E-state index in [4.69, 9.17) is 10.5 Å². The number of hydrogen-bond donors (Lipinski definition) is 2. The Kier molecular flexibility index (Phi) is 5.99. The molecule has 1 unspecified atom stereocenters. The van der Waals surface area contributed by atoms with Crippen molar-refractivity contribution in [1.29, 1.82) is 0 Å². The minimum Gasteiger partial charge on any atom is -0.385 e. The molecule has 120 valence electrons. The van der Waals surface area contributed by atoms with Crippen molar-refractivity contribution in [1.82, 2.24) is 10.2 Å². The summed E-state index contributed by atoms with van der Waals surface area (Å²) in [4.78, 5) is 25.8. The zero-order chi connectivity index (χ0) is 15.2. The van der Waals surface area contributed by atoms with Crippen LogP contribution in [0.3, 0.4) is 0 Å². The first-order valence-corrected chi connectivity index (χ1v) is 7.95. The number of rotatable bonds is 7. The minimum atomic E-state index is -0.433. The molecule has 1 saturated heterocycles. The molecule has 1 aliphatic carbocycles. The van der Waals surface area contributed by atoms with E-state index in [0.717, 1.165) is 32.1 Å². The predicted molar refractivity (Wildman–Crippen MR) is 79.6 cm³/mol. The smallest absolute Gasteiger partial charge is 0.239 e. The van der Waals surface area contributed by atoms with Crippen LogP contribution in [0.25, 0.3) is 0 Å². The molecule has 0 aromatic rings. The summed E-state index contributed by atoms with van der Waals surface area (Å²) in [6.07, 6.45) is 5.17. The lowest BCUT2D eigenvalue weighted by molar-refractivity contribution is -0.134. The Morgan fingerprint density at radius 1 is 1.29 bits per heavy atom. The number of hydrogen-bond acceptors (Lipinski definition) is 4. The van der Waals surface area contributed by atoms with Gasteiger partial charge in [0.05, 0.1) is 6.04 Å². The third-order valence-corrected chi connectivity index (χ3v) is 4.28. The number of ether oxygens (including phenoxy) is 1. The first-order chi connectivity index (χ1) is 10.1. The lowest BCUT2D eigenvalue weighted by atomic mass is 10.0. The van der Waals surface area contributed by atoms with Gasteiger partial charge in [-0.05, 0) is 38.5 Å². The SMILES string of the molecule is COCCCC(N)C(=O)N1CCC(NC(=O)C2CC2)CC1. The maximum atomic E-state index is 12.2. The van der Waals surface area contributed by atoms with Gasteiger partial charge in [-0.15, -0.1) is 0 Å². The van der Waals surface area contributed by atoms with E-state index in [2.05, 4.69) is 5.32 Å². The van der Waals surface area contributed by atoms with Gasteiger partial charge in [0.25, 0.3) is 0 Å². The second-order valence-electron chi connectivity index (χ2n) is 6.12. The molecule has 2 rings (SSSR count). The van der Waals surface area contributed by atoms with Gasteiger partial charge in [-0.2, -0.15) is 0 Å². The highest BCUT2D eigenvalue weighted by Crippen LogP contribution is 2.29. The molecule has 1 heterocycles. The van der Waals surface area contributed by atoms with Gasteiger partial charge in [0.2, 0.25) is 11.8 Å². The first kappa shape index (κ1) is 16.2. The van der Waals surface area contributed by atoms with Crippen molar-refractivity contribution in [2.75, 3.05) is 26.8 Å². The van der Waals surface area contributed by atoms with Crippen molar-refractivity contribution in [2.24, 2.45) is 11.7 Å². The summed E-state index contributed by atoms with van der Waals surface area (Å²) in [5, 5.41) is 3.09. The molecule has 0 radical (unpaired) electrons. The molecule has 1 atom stereocenters. The number of nitrogens with two attached hydrogens (primary N) is 1. The normalized spacial score (nSPS) is 21.1. The molecule has 3 N–H and O–H groups in total. The van der Waals surface area contributed by atoms with Gasteiger partial charge >= 0.3 is 0 Å². The number of likely N-dealkylation sites (tertiary alicyclic amines) is 1. The third kappa shape index (κ3) is 4.97. The van der Waals surface area contributed by atoms with E-state index in [1.165, 1.54) is 0 Å². The fourth-order valence-corrected chi connectivity index (χ4v) is 2.71. The van der Waals surface area contributed by atoms with Crippen LogP contribution in [-0.4, -0.2) is 55.6 Å². The molecule has 21 heavy (non-hydrogen) atoms.